The number of rotatable bonds is 10. The normalized spacial score (nSPS) is 18.5. The molecular weight excluding hydrogens is 404 g/mol. The lowest BCUT2D eigenvalue weighted by Crippen LogP contribution is -2.47. The second-order valence-corrected chi connectivity index (χ2v) is 8.46. The molecule has 0 spiro atoms. The number of nitrogens with zero attached hydrogens (tertiary/aromatic N) is 6. The van der Waals surface area contributed by atoms with E-state index in [1.807, 2.05) is 11.0 Å². The van der Waals surface area contributed by atoms with Crippen LogP contribution in [0.3, 0.4) is 0 Å². The molecule has 0 saturated carbocycles. The fraction of sp³-hybridized carbons (Fsp3) is 0.739. The summed E-state index contributed by atoms with van der Waals surface area (Å²) in [4.78, 5) is 32.3. The molecule has 3 heterocycles. The third kappa shape index (κ3) is 8.26. The SMILES string of the molecule is CCNC(=NCCCN1CCCCCC1=O)NCCCN1CCN(c2ncccn2)CC1. The van der Waals surface area contributed by atoms with Crippen LogP contribution in [0, 0.1) is 0 Å². The second-order valence-electron chi connectivity index (χ2n) is 8.46. The molecule has 2 aliphatic heterocycles. The van der Waals surface area contributed by atoms with Gasteiger partial charge in [0.1, 0.15) is 0 Å². The Hall–Kier alpha value is -2.42. The fourth-order valence-corrected chi connectivity index (χ4v) is 4.20. The Kier molecular flexibility index (Phi) is 10.5. The quantitative estimate of drug-likeness (QED) is 0.320. The topological polar surface area (TPSA) is 89.0 Å². The molecule has 0 aromatic carbocycles. The molecule has 0 aliphatic carbocycles. The van der Waals surface area contributed by atoms with E-state index < -0.39 is 0 Å². The first-order chi connectivity index (χ1) is 15.8. The van der Waals surface area contributed by atoms with Crippen molar-refractivity contribution >= 4 is 17.8 Å². The van der Waals surface area contributed by atoms with Crippen molar-refractivity contribution in [3.63, 3.8) is 0 Å². The molecule has 0 radical (unpaired) electrons. The van der Waals surface area contributed by atoms with Crippen molar-refractivity contribution in [1.82, 2.24) is 30.4 Å². The van der Waals surface area contributed by atoms with Gasteiger partial charge in [-0.2, -0.15) is 0 Å². The van der Waals surface area contributed by atoms with E-state index in [1.165, 1.54) is 6.42 Å². The van der Waals surface area contributed by atoms with Crippen LogP contribution in [0.4, 0.5) is 5.95 Å². The molecule has 1 aromatic heterocycles. The highest BCUT2D eigenvalue weighted by molar-refractivity contribution is 5.79. The molecule has 0 bridgehead atoms. The maximum Gasteiger partial charge on any atom is 0.225 e. The van der Waals surface area contributed by atoms with Gasteiger partial charge in [-0.05, 0) is 45.2 Å². The highest BCUT2D eigenvalue weighted by Crippen LogP contribution is 2.11. The van der Waals surface area contributed by atoms with Crippen molar-refractivity contribution in [2.75, 3.05) is 70.3 Å². The first-order valence-corrected chi connectivity index (χ1v) is 12.3. The maximum atomic E-state index is 12.1. The zero-order chi connectivity index (χ0) is 22.4. The van der Waals surface area contributed by atoms with Gasteiger partial charge in [0.2, 0.25) is 11.9 Å². The van der Waals surface area contributed by atoms with Crippen LogP contribution < -0.4 is 15.5 Å². The van der Waals surface area contributed by atoms with E-state index >= 15 is 0 Å². The Balaban J connectivity index is 1.29. The summed E-state index contributed by atoms with van der Waals surface area (Å²) in [5.74, 6) is 2.02. The van der Waals surface area contributed by atoms with E-state index in [0.717, 1.165) is 103 Å². The molecule has 2 N–H and O–H groups in total. The van der Waals surface area contributed by atoms with E-state index in [-0.39, 0.29) is 0 Å². The lowest BCUT2D eigenvalue weighted by atomic mass is 10.2. The average molecular weight is 445 g/mol. The van der Waals surface area contributed by atoms with Gasteiger partial charge in [-0.15, -0.1) is 0 Å². The summed E-state index contributed by atoms with van der Waals surface area (Å²) in [6.07, 6.45) is 9.66. The predicted octanol–water partition coefficient (Wildman–Crippen LogP) is 1.34. The van der Waals surface area contributed by atoms with E-state index in [2.05, 4.69) is 37.3 Å². The summed E-state index contributed by atoms with van der Waals surface area (Å²) in [6, 6.07) is 1.86. The minimum atomic E-state index is 0.314. The zero-order valence-electron chi connectivity index (χ0n) is 19.6. The number of amides is 1. The number of aliphatic imine (C=N–C) groups is 1. The van der Waals surface area contributed by atoms with Crippen molar-refractivity contribution in [3.8, 4) is 0 Å². The zero-order valence-corrected chi connectivity index (χ0v) is 19.6. The van der Waals surface area contributed by atoms with Crippen molar-refractivity contribution in [2.45, 2.75) is 45.4 Å². The van der Waals surface area contributed by atoms with E-state index in [9.17, 15) is 4.79 Å². The predicted molar refractivity (Wildman–Crippen MR) is 129 cm³/mol. The van der Waals surface area contributed by atoms with Crippen molar-refractivity contribution < 1.29 is 4.79 Å². The summed E-state index contributed by atoms with van der Waals surface area (Å²) in [5, 5.41) is 6.78. The lowest BCUT2D eigenvalue weighted by Gasteiger charge is -2.34. The van der Waals surface area contributed by atoms with Crippen molar-refractivity contribution in [1.29, 1.82) is 0 Å². The van der Waals surface area contributed by atoms with Crippen molar-refractivity contribution in [2.24, 2.45) is 4.99 Å². The van der Waals surface area contributed by atoms with Crippen LogP contribution in [0.5, 0.6) is 0 Å². The van der Waals surface area contributed by atoms with Gasteiger partial charge in [0.05, 0.1) is 0 Å². The number of guanidine groups is 1. The van der Waals surface area contributed by atoms with Gasteiger partial charge in [0.25, 0.3) is 0 Å². The third-order valence-corrected chi connectivity index (χ3v) is 6.02. The van der Waals surface area contributed by atoms with E-state index in [0.29, 0.717) is 12.3 Å². The number of aromatic nitrogens is 2. The number of anilines is 1. The van der Waals surface area contributed by atoms with Crippen molar-refractivity contribution in [3.05, 3.63) is 18.5 Å². The number of nitrogens with one attached hydrogen (secondary N) is 2. The monoisotopic (exact) mass is 444 g/mol. The molecule has 9 heteroatoms. The molecule has 9 nitrogen and oxygen atoms in total. The minimum absolute atomic E-state index is 0.314. The number of hydrogen-bond donors (Lipinski definition) is 2. The van der Waals surface area contributed by atoms with Crippen LogP contribution in [-0.2, 0) is 4.79 Å². The molecule has 0 atom stereocenters. The number of piperazine rings is 1. The Morgan fingerprint density at radius 3 is 2.59 bits per heavy atom. The van der Waals surface area contributed by atoms with Gasteiger partial charge in [-0.3, -0.25) is 14.7 Å². The number of likely N-dealkylation sites (tertiary alicyclic amines) is 1. The van der Waals surface area contributed by atoms with Gasteiger partial charge in [-0.25, -0.2) is 9.97 Å². The standard InChI is InChI=1S/C23H40N8O/c1-2-24-22(26-13-8-16-30-15-5-3-4-9-21(30)32)25-12-7-14-29-17-19-31(20-18-29)23-27-10-6-11-28-23/h6,10-11H,2-5,7-9,12-20H2,1H3,(H2,24,25,26). The molecule has 1 amide bonds. The van der Waals surface area contributed by atoms with E-state index in [4.69, 9.17) is 4.99 Å². The van der Waals surface area contributed by atoms with Gasteiger partial charge >= 0.3 is 0 Å². The summed E-state index contributed by atoms with van der Waals surface area (Å²) in [6.45, 7) is 11.4. The number of carbonyl (C=O) groups is 1. The second kappa shape index (κ2) is 13.9. The maximum absolute atomic E-state index is 12.1. The summed E-state index contributed by atoms with van der Waals surface area (Å²) in [5.41, 5.74) is 0. The molecule has 2 saturated heterocycles. The molecule has 3 rings (SSSR count). The van der Waals surface area contributed by atoms with Crippen LogP contribution >= 0.6 is 0 Å². The molecule has 178 valence electrons. The highest BCUT2D eigenvalue weighted by atomic mass is 16.2. The van der Waals surface area contributed by atoms with Gasteiger partial charge in [0, 0.05) is 77.7 Å². The molecule has 2 fully saturated rings. The summed E-state index contributed by atoms with van der Waals surface area (Å²) < 4.78 is 0. The van der Waals surface area contributed by atoms with Crippen LogP contribution in [0.25, 0.3) is 0 Å². The molecular formula is C23H40N8O. The number of hydrogen-bond acceptors (Lipinski definition) is 6. The fourth-order valence-electron chi connectivity index (χ4n) is 4.20. The molecule has 2 aliphatic rings. The van der Waals surface area contributed by atoms with Crippen LogP contribution in [0.1, 0.15) is 45.4 Å². The number of carbonyl (C=O) groups excluding carboxylic acids is 1. The Morgan fingerprint density at radius 2 is 1.81 bits per heavy atom. The van der Waals surface area contributed by atoms with Gasteiger partial charge in [-0.1, -0.05) is 6.42 Å². The first-order valence-electron chi connectivity index (χ1n) is 12.3. The van der Waals surface area contributed by atoms with Gasteiger partial charge < -0.3 is 20.4 Å². The third-order valence-electron chi connectivity index (χ3n) is 6.02. The highest BCUT2D eigenvalue weighted by Gasteiger charge is 2.18. The van der Waals surface area contributed by atoms with Gasteiger partial charge in [0.15, 0.2) is 5.96 Å². The average Bonchev–Trinajstić information content (AvgIpc) is 3.04. The Bertz CT molecular complexity index is 690. The Labute approximate surface area is 192 Å². The van der Waals surface area contributed by atoms with E-state index in [1.54, 1.807) is 12.4 Å². The smallest absolute Gasteiger partial charge is 0.225 e. The first kappa shape index (κ1) is 24.2. The van der Waals surface area contributed by atoms with Crippen LogP contribution in [0.2, 0.25) is 0 Å². The van der Waals surface area contributed by atoms with Crippen LogP contribution in [0.15, 0.2) is 23.5 Å². The minimum Gasteiger partial charge on any atom is -0.357 e. The summed E-state index contributed by atoms with van der Waals surface area (Å²) in [7, 11) is 0. The lowest BCUT2D eigenvalue weighted by molar-refractivity contribution is -0.130. The van der Waals surface area contributed by atoms with Crippen LogP contribution in [-0.4, -0.2) is 97.1 Å². The molecule has 1 aromatic rings. The summed E-state index contributed by atoms with van der Waals surface area (Å²) >= 11 is 0. The Morgan fingerprint density at radius 1 is 1.00 bits per heavy atom. The molecule has 32 heavy (non-hydrogen) atoms. The largest absolute Gasteiger partial charge is 0.357 e. The molecule has 0 unspecified atom stereocenters.